The molecule has 0 saturated carbocycles. The van der Waals surface area contributed by atoms with E-state index in [9.17, 15) is 4.79 Å². The van der Waals surface area contributed by atoms with Crippen molar-refractivity contribution in [3.63, 3.8) is 0 Å². The number of nitrogens with two attached hydrogens (primary N) is 1. The summed E-state index contributed by atoms with van der Waals surface area (Å²) in [5.41, 5.74) is 2.26. The average molecular weight is 271 g/mol. The fraction of sp³-hybridized carbons (Fsp3) is 0.700. The molecule has 1 aromatic heterocycles. The molecule has 1 unspecified atom stereocenters. The molecular weight excluding hydrogens is 254 g/mol. The van der Waals surface area contributed by atoms with Gasteiger partial charge in [-0.05, 0) is 12.8 Å². The van der Waals surface area contributed by atoms with Crippen molar-refractivity contribution in [3.05, 3.63) is 11.9 Å². The number of nitrogen functional groups attached to an aromatic ring is 1. The monoisotopic (exact) mass is 271 g/mol. The van der Waals surface area contributed by atoms with Gasteiger partial charge in [-0.25, -0.2) is 5.84 Å². The summed E-state index contributed by atoms with van der Waals surface area (Å²) in [7, 11) is 0. The van der Waals surface area contributed by atoms with Crippen LogP contribution in [0.15, 0.2) is 6.20 Å². The van der Waals surface area contributed by atoms with Crippen molar-refractivity contribution < 1.29 is 9.53 Å². The summed E-state index contributed by atoms with van der Waals surface area (Å²) in [4.78, 5) is 11.2. The molecule has 1 aromatic rings. The number of nitrogens with zero attached hydrogens (tertiary/aromatic N) is 3. The molecule has 18 heavy (non-hydrogen) atoms. The number of hydrogen-bond donors (Lipinski definition) is 2. The smallest absolute Gasteiger partial charge is 0.287 e. The van der Waals surface area contributed by atoms with E-state index in [1.807, 2.05) is 17.2 Å². The van der Waals surface area contributed by atoms with Gasteiger partial charge in [0.1, 0.15) is 0 Å². The number of hydrogen-bond acceptors (Lipinski definition) is 6. The molecule has 1 saturated heterocycles. The van der Waals surface area contributed by atoms with Gasteiger partial charge in [0, 0.05) is 18.1 Å². The van der Waals surface area contributed by atoms with Crippen LogP contribution in [-0.2, 0) is 11.3 Å². The third-order valence-corrected chi connectivity index (χ3v) is 3.77. The molecule has 8 heteroatoms. The van der Waals surface area contributed by atoms with E-state index in [-0.39, 0.29) is 5.69 Å². The maximum absolute atomic E-state index is 11.2. The Labute approximate surface area is 109 Å². The molecule has 1 atom stereocenters. The van der Waals surface area contributed by atoms with Gasteiger partial charge in [-0.15, -0.1) is 5.10 Å². The molecule has 3 N–H and O–H groups in total. The molecule has 0 bridgehead atoms. The minimum Gasteiger partial charge on any atom is -0.377 e. The van der Waals surface area contributed by atoms with E-state index >= 15 is 0 Å². The van der Waals surface area contributed by atoms with Crippen LogP contribution in [0, 0.1) is 0 Å². The third-order valence-electron chi connectivity index (χ3n) is 2.69. The average Bonchev–Trinajstić information content (AvgIpc) is 3.05. The van der Waals surface area contributed by atoms with E-state index in [1.54, 1.807) is 10.9 Å². The fourth-order valence-corrected chi connectivity index (χ4v) is 2.74. The third kappa shape index (κ3) is 3.69. The fourth-order valence-electron chi connectivity index (χ4n) is 1.73. The Bertz CT molecular complexity index is 391. The second-order valence-corrected chi connectivity index (χ2v) is 5.20. The Morgan fingerprint density at radius 3 is 3.33 bits per heavy atom. The van der Waals surface area contributed by atoms with Gasteiger partial charge in [-0.3, -0.25) is 14.9 Å². The standard InChI is InChI=1S/C10H17N5O2S/c11-12-10(16)9-6-15(14-13-9)3-5-18-7-8-2-1-4-17-8/h6,8H,1-5,7,11H2,(H,12,16). The maximum Gasteiger partial charge on any atom is 0.287 e. The summed E-state index contributed by atoms with van der Waals surface area (Å²) in [6, 6.07) is 0. The molecule has 0 aliphatic carbocycles. The van der Waals surface area contributed by atoms with Gasteiger partial charge in [-0.2, -0.15) is 11.8 Å². The van der Waals surface area contributed by atoms with E-state index in [2.05, 4.69) is 10.3 Å². The van der Waals surface area contributed by atoms with Crippen molar-refractivity contribution in [2.45, 2.75) is 25.5 Å². The summed E-state index contributed by atoms with van der Waals surface area (Å²) in [5.74, 6) is 6.53. The normalized spacial score (nSPS) is 19.1. The van der Waals surface area contributed by atoms with Gasteiger partial charge in [0.25, 0.3) is 5.91 Å². The van der Waals surface area contributed by atoms with Gasteiger partial charge in [0.15, 0.2) is 5.69 Å². The van der Waals surface area contributed by atoms with Crippen molar-refractivity contribution in [1.82, 2.24) is 20.4 Å². The number of thioether (sulfide) groups is 1. The van der Waals surface area contributed by atoms with Crippen LogP contribution in [0.1, 0.15) is 23.3 Å². The number of nitrogens with one attached hydrogen (secondary N) is 1. The highest BCUT2D eigenvalue weighted by Crippen LogP contribution is 2.17. The molecule has 1 aliphatic rings. The van der Waals surface area contributed by atoms with Crippen LogP contribution in [-0.4, -0.2) is 45.1 Å². The molecule has 100 valence electrons. The molecule has 0 spiro atoms. The minimum atomic E-state index is -0.423. The van der Waals surface area contributed by atoms with Crippen LogP contribution in [0.3, 0.4) is 0 Å². The van der Waals surface area contributed by atoms with Crippen LogP contribution >= 0.6 is 11.8 Å². The first-order valence-electron chi connectivity index (χ1n) is 5.90. The lowest BCUT2D eigenvalue weighted by molar-refractivity contribution is 0.0948. The molecule has 7 nitrogen and oxygen atoms in total. The lowest BCUT2D eigenvalue weighted by atomic mass is 10.3. The Morgan fingerprint density at radius 1 is 1.72 bits per heavy atom. The molecule has 1 aliphatic heterocycles. The Kier molecular flexibility index (Phi) is 4.97. The van der Waals surface area contributed by atoms with E-state index in [0.717, 1.165) is 31.1 Å². The van der Waals surface area contributed by atoms with Gasteiger partial charge >= 0.3 is 0 Å². The number of carbonyl (C=O) groups excluding carboxylic acids is 1. The van der Waals surface area contributed by atoms with E-state index in [1.165, 1.54) is 6.42 Å². The molecule has 2 heterocycles. The number of ether oxygens (including phenoxy) is 1. The summed E-state index contributed by atoms with van der Waals surface area (Å²) in [6.45, 7) is 1.62. The highest BCUT2D eigenvalue weighted by atomic mass is 32.2. The lowest BCUT2D eigenvalue weighted by Gasteiger charge is -2.07. The maximum atomic E-state index is 11.2. The Balaban J connectivity index is 1.66. The molecular formula is C10H17N5O2S. The zero-order valence-electron chi connectivity index (χ0n) is 10.0. The Morgan fingerprint density at radius 2 is 2.61 bits per heavy atom. The first kappa shape index (κ1) is 13.3. The molecule has 0 radical (unpaired) electrons. The predicted octanol–water partition coefficient (Wildman–Crippen LogP) is -0.206. The van der Waals surface area contributed by atoms with E-state index in [0.29, 0.717) is 6.10 Å². The number of rotatable bonds is 6. The number of amides is 1. The zero-order chi connectivity index (χ0) is 12.8. The molecule has 2 rings (SSSR count). The number of hydrazine groups is 1. The lowest BCUT2D eigenvalue weighted by Crippen LogP contribution is -2.30. The van der Waals surface area contributed by atoms with E-state index < -0.39 is 5.91 Å². The minimum absolute atomic E-state index is 0.238. The quantitative estimate of drug-likeness (QED) is 0.322. The highest BCUT2D eigenvalue weighted by Gasteiger charge is 2.15. The zero-order valence-corrected chi connectivity index (χ0v) is 10.9. The van der Waals surface area contributed by atoms with Gasteiger partial charge in [-0.1, -0.05) is 5.21 Å². The second kappa shape index (κ2) is 6.72. The number of carbonyl (C=O) groups is 1. The van der Waals surface area contributed by atoms with Crippen LogP contribution in [0.4, 0.5) is 0 Å². The van der Waals surface area contributed by atoms with Crippen LogP contribution in [0.25, 0.3) is 0 Å². The Hall–Kier alpha value is -1.12. The van der Waals surface area contributed by atoms with Gasteiger partial charge in [0.2, 0.25) is 0 Å². The summed E-state index contributed by atoms with van der Waals surface area (Å²) < 4.78 is 7.18. The number of aromatic nitrogens is 3. The van der Waals surface area contributed by atoms with Crippen molar-refractivity contribution >= 4 is 17.7 Å². The van der Waals surface area contributed by atoms with Gasteiger partial charge in [0.05, 0.1) is 18.8 Å². The summed E-state index contributed by atoms with van der Waals surface area (Å²) in [5, 5.41) is 7.59. The SMILES string of the molecule is NNC(=O)c1cn(CCSCC2CCCO2)nn1. The predicted molar refractivity (Wildman–Crippen MR) is 68.0 cm³/mol. The van der Waals surface area contributed by atoms with Crippen LogP contribution < -0.4 is 11.3 Å². The van der Waals surface area contributed by atoms with E-state index in [4.69, 9.17) is 10.6 Å². The first-order chi connectivity index (χ1) is 8.79. The summed E-state index contributed by atoms with van der Waals surface area (Å²) in [6.07, 6.45) is 4.34. The van der Waals surface area contributed by atoms with Gasteiger partial charge < -0.3 is 4.74 Å². The number of aryl methyl sites for hydroxylation is 1. The topological polar surface area (TPSA) is 95.1 Å². The highest BCUT2D eigenvalue weighted by molar-refractivity contribution is 7.99. The van der Waals surface area contributed by atoms with Crippen molar-refractivity contribution in [1.29, 1.82) is 0 Å². The van der Waals surface area contributed by atoms with Crippen molar-refractivity contribution in [2.24, 2.45) is 5.84 Å². The summed E-state index contributed by atoms with van der Waals surface area (Å²) >= 11 is 1.83. The largest absolute Gasteiger partial charge is 0.377 e. The molecule has 1 fully saturated rings. The van der Waals surface area contributed by atoms with Crippen LogP contribution in [0.5, 0.6) is 0 Å². The van der Waals surface area contributed by atoms with Crippen molar-refractivity contribution in [2.75, 3.05) is 18.1 Å². The first-order valence-corrected chi connectivity index (χ1v) is 7.05. The second-order valence-electron chi connectivity index (χ2n) is 4.05. The molecule has 0 aromatic carbocycles. The van der Waals surface area contributed by atoms with Crippen molar-refractivity contribution in [3.8, 4) is 0 Å². The van der Waals surface area contributed by atoms with Crippen LogP contribution in [0.2, 0.25) is 0 Å². The molecule has 1 amide bonds.